The van der Waals surface area contributed by atoms with Gasteiger partial charge in [-0.1, -0.05) is 30.3 Å². The zero-order valence-corrected chi connectivity index (χ0v) is 10.8. The van der Waals surface area contributed by atoms with Crippen molar-refractivity contribution in [2.24, 2.45) is 0 Å². The monoisotopic (exact) mass is 294 g/mol. The van der Waals surface area contributed by atoms with Crippen LogP contribution >= 0.6 is 0 Å². The van der Waals surface area contributed by atoms with E-state index in [1.165, 1.54) is 24.3 Å². The highest BCUT2D eigenvalue weighted by atomic mass is 19.3. The number of ether oxygens (including phenoxy) is 2. The average Bonchev–Trinajstić information content (AvgIpc) is 2.47. The van der Waals surface area contributed by atoms with Crippen LogP contribution in [0.4, 0.5) is 8.78 Å². The second-order valence-corrected chi connectivity index (χ2v) is 4.17. The Morgan fingerprint density at radius 1 is 1.00 bits per heavy atom. The van der Waals surface area contributed by atoms with Gasteiger partial charge < -0.3 is 14.6 Å². The molecule has 0 spiro atoms. The Bertz CT molecular complexity index is 597. The smallest absolute Gasteiger partial charge is 0.489 e. The lowest BCUT2D eigenvalue weighted by Gasteiger charge is -2.13. The highest BCUT2D eigenvalue weighted by molar-refractivity contribution is 5.73. The quantitative estimate of drug-likeness (QED) is 0.888. The van der Waals surface area contributed by atoms with Crippen LogP contribution in [0.1, 0.15) is 5.56 Å². The molecule has 0 aliphatic carbocycles. The number of rotatable bonds is 6. The summed E-state index contributed by atoms with van der Waals surface area (Å²) in [7, 11) is 0. The largest absolute Gasteiger partial charge is 0.501 e. The fourth-order valence-electron chi connectivity index (χ4n) is 1.54. The number of hydrogen-bond acceptors (Lipinski definition) is 3. The van der Waals surface area contributed by atoms with Gasteiger partial charge in [-0.05, 0) is 29.8 Å². The molecular weight excluding hydrogens is 282 g/mol. The Hall–Kier alpha value is -2.63. The highest BCUT2D eigenvalue weighted by Gasteiger charge is 2.42. The van der Waals surface area contributed by atoms with Crippen LogP contribution in [0.25, 0.3) is 0 Å². The third-order valence-corrected chi connectivity index (χ3v) is 2.57. The van der Waals surface area contributed by atoms with E-state index in [9.17, 15) is 13.6 Å². The molecule has 0 amide bonds. The molecule has 1 N–H and O–H groups in total. The van der Waals surface area contributed by atoms with Gasteiger partial charge in [0.1, 0.15) is 18.1 Å². The standard InChI is InChI=1S/C15H12F2O4/c16-15(17,14(18)19)21-13-8-6-12(7-9-13)20-10-11-4-2-1-3-5-11/h1-9H,10H2,(H,18,19). The van der Waals surface area contributed by atoms with Crippen LogP contribution in [0, 0.1) is 0 Å². The summed E-state index contributed by atoms with van der Waals surface area (Å²) in [5.41, 5.74) is 0.968. The molecule has 0 radical (unpaired) electrons. The summed E-state index contributed by atoms with van der Waals surface area (Å²) < 4.78 is 35.3. The first-order valence-corrected chi connectivity index (χ1v) is 6.04. The van der Waals surface area contributed by atoms with E-state index >= 15 is 0 Å². The summed E-state index contributed by atoms with van der Waals surface area (Å²) in [6.45, 7) is 0.340. The van der Waals surface area contributed by atoms with E-state index in [1.54, 1.807) is 0 Å². The summed E-state index contributed by atoms with van der Waals surface area (Å²) in [6, 6.07) is 14.7. The zero-order chi connectivity index (χ0) is 15.3. The lowest BCUT2D eigenvalue weighted by molar-refractivity contribution is -0.210. The number of carboxylic acid groups (broad SMARTS) is 1. The molecule has 2 aromatic rings. The summed E-state index contributed by atoms with van der Waals surface area (Å²) in [5.74, 6) is -2.13. The van der Waals surface area contributed by atoms with Gasteiger partial charge in [0.25, 0.3) is 0 Å². The molecule has 6 heteroatoms. The second-order valence-electron chi connectivity index (χ2n) is 4.17. The number of hydrogen-bond donors (Lipinski definition) is 1. The van der Waals surface area contributed by atoms with Gasteiger partial charge >= 0.3 is 12.1 Å². The third kappa shape index (κ3) is 4.17. The minimum absolute atomic E-state index is 0.255. The van der Waals surface area contributed by atoms with Gasteiger partial charge in [0.05, 0.1) is 0 Å². The molecule has 0 unspecified atom stereocenters. The van der Waals surface area contributed by atoms with Crippen molar-refractivity contribution >= 4 is 5.97 Å². The number of carboxylic acids is 1. The van der Waals surface area contributed by atoms with E-state index in [1.807, 2.05) is 30.3 Å². The zero-order valence-electron chi connectivity index (χ0n) is 10.8. The van der Waals surface area contributed by atoms with Gasteiger partial charge in [-0.2, -0.15) is 8.78 Å². The Balaban J connectivity index is 1.95. The van der Waals surface area contributed by atoms with Gasteiger partial charge in [0.15, 0.2) is 0 Å². The van der Waals surface area contributed by atoms with E-state index in [0.717, 1.165) is 5.56 Å². The van der Waals surface area contributed by atoms with Crippen molar-refractivity contribution in [2.75, 3.05) is 0 Å². The number of aliphatic carboxylic acids is 1. The lowest BCUT2D eigenvalue weighted by Crippen LogP contribution is -2.34. The van der Waals surface area contributed by atoms with Crippen molar-refractivity contribution in [1.29, 1.82) is 0 Å². The first-order chi connectivity index (χ1) is 9.97. The fraction of sp³-hybridized carbons (Fsp3) is 0.133. The summed E-state index contributed by atoms with van der Waals surface area (Å²) >= 11 is 0. The maximum atomic E-state index is 12.8. The Kier molecular flexibility index (Phi) is 4.37. The highest BCUT2D eigenvalue weighted by Crippen LogP contribution is 2.24. The maximum Gasteiger partial charge on any atom is 0.501 e. The van der Waals surface area contributed by atoms with Crippen LogP contribution in [0.5, 0.6) is 11.5 Å². The Labute approximate surface area is 119 Å². The topological polar surface area (TPSA) is 55.8 Å². The number of halogens is 2. The van der Waals surface area contributed by atoms with Gasteiger partial charge in [-0.3, -0.25) is 0 Å². The van der Waals surface area contributed by atoms with Crippen molar-refractivity contribution in [3.05, 3.63) is 60.2 Å². The molecule has 2 aromatic carbocycles. The van der Waals surface area contributed by atoms with Gasteiger partial charge in [0.2, 0.25) is 0 Å². The minimum Gasteiger partial charge on any atom is -0.489 e. The maximum absolute atomic E-state index is 12.8. The molecule has 0 heterocycles. The molecule has 0 saturated carbocycles. The summed E-state index contributed by atoms with van der Waals surface area (Å²) in [4.78, 5) is 10.3. The molecule has 0 bridgehead atoms. The fourth-order valence-corrected chi connectivity index (χ4v) is 1.54. The second kappa shape index (κ2) is 6.21. The van der Waals surface area contributed by atoms with Crippen LogP contribution < -0.4 is 9.47 Å². The lowest BCUT2D eigenvalue weighted by atomic mass is 10.2. The van der Waals surface area contributed by atoms with Gasteiger partial charge in [0, 0.05) is 0 Å². The first kappa shape index (κ1) is 14.8. The van der Waals surface area contributed by atoms with E-state index in [0.29, 0.717) is 12.4 Å². The Morgan fingerprint density at radius 2 is 1.57 bits per heavy atom. The molecule has 4 nitrogen and oxygen atoms in total. The minimum atomic E-state index is -4.26. The normalized spacial score (nSPS) is 11.0. The molecule has 110 valence electrons. The first-order valence-electron chi connectivity index (χ1n) is 6.04. The van der Waals surface area contributed by atoms with E-state index in [-0.39, 0.29) is 5.75 Å². The van der Waals surface area contributed by atoms with Crippen molar-refractivity contribution < 1.29 is 28.2 Å². The third-order valence-electron chi connectivity index (χ3n) is 2.57. The number of carbonyl (C=O) groups is 1. The molecule has 2 rings (SSSR count). The number of benzene rings is 2. The van der Waals surface area contributed by atoms with Crippen LogP contribution in [0.3, 0.4) is 0 Å². The van der Waals surface area contributed by atoms with E-state index in [2.05, 4.69) is 4.74 Å². The van der Waals surface area contributed by atoms with Crippen LogP contribution in [-0.4, -0.2) is 17.2 Å². The summed E-state index contributed by atoms with van der Waals surface area (Å²) in [6.07, 6.45) is -4.26. The SMILES string of the molecule is O=C(O)C(F)(F)Oc1ccc(OCc2ccccc2)cc1. The molecule has 0 aliphatic heterocycles. The molecule has 0 aromatic heterocycles. The predicted molar refractivity (Wildman–Crippen MR) is 70.4 cm³/mol. The molecule has 21 heavy (non-hydrogen) atoms. The predicted octanol–water partition coefficient (Wildman–Crippen LogP) is 3.32. The van der Waals surface area contributed by atoms with Crippen molar-refractivity contribution in [1.82, 2.24) is 0 Å². The van der Waals surface area contributed by atoms with Crippen molar-refractivity contribution in [3.63, 3.8) is 0 Å². The summed E-state index contributed by atoms with van der Waals surface area (Å²) in [5, 5.41) is 8.27. The molecular formula is C15H12F2O4. The molecule has 0 fully saturated rings. The van der Waals surface area contributed by atoms with Gasteiger partial charge in [-0.25, -0.2) is 4.79 Å². The van der Waals surface area contributed by atoms with Crippen LogP contribution in [0.15, 0.2) is 54.6 Å². The Morgan fingerprint density at radius 3 is 2.14 bits per heavy atom. The van der Waals surface area contributed by atoms with Crippen LogP contribution in [-0.2, 0) is 11.4 Å². The number of alkyl halides is 2. The molecule has 0 atom stereocenters. The molecule has 0 aliphatic rings. The van der Waals surface area contributed by atoms with Gasteiger partial charge in [-0.15, -0.1) is 0 Å². The van der Waals surface area contributed by atoms with E-state index < -0.39 is 12.1 Å². The molecule has 0 saturated heterocycles. The average molecular weight is 294 g/mol. The van der Waals surface area contributed by atoms with Crippen LogP contribution in [0.2, 0.25) is 0 Å². The van der Waals surface area contributed by atoms with Crippen molar-refractivity contribution in [2.45, 2.75) is 12.7 Å². The van der Waals surface area contributed by atoms with Crippen molar-refractivity contribution in [3.8, 4) is 11.5 Å². The van der Waals surface area contributed by atoms with E-state index in [4.69, 9.17) is 9.84 Å².